The van der Waals surface area contributed by atoms with Crippen LogP contribution in [-0.2, 0) is 16.6 Å². The average molecular weight is 379 g/mol. The molecule has 7 heteroatoms. The summed E-state index contributed by atoms with van der Waals surface area (Å²) in [6.45, 7) is 4.53. The van der Waals surface area contributed by atoms with Gasteiger partial charge in [-0.1, -0.05) is 13.3 Å². The molecule has 0 amide bonds. The quantitative estimate of drug-likeness (QED) is 0.754. The number of hydrogen-bond acceptors (Lipinski definition) is 4. The fourth-order valence-electron chi connectivity index (χ4n) is 2.18. The number of nitrogens with zero attached hydrogens (tertiary/aromatic N) is 1. The fraction of sp³-hybridized carbons (Fsp3) is 0.714. The van der Waals surface area contributed by atoms with Crippen LogP contribution in [0.1, 0.15) is 45.3 Å². The third kappa shape index (κ3) is 4.09. The van der Waals surface area contributed by atoms with Crippen LogP contribution in [0.4, 0.5) is 0 Å². The van der Waals surface area contributed by atoms with Gasteiger partial charge in [-0.3, -0.25) is 0 Å². The van der Waals surface area contributed by atoms with E-state index in [1.54, 1.807) is 13.1 Å². The maximum atomic E-state index is 12.6. The van der Waals surface area contributed by atoms with E-state index in [9.17, 15) is 8.42 Å². The summed E-state index contributed by atoms with van der Waals surface area (Å²) in [4.78, 5) is 0.209. The summed E-state index contributed by atoms with van der Waals surface area (Å²) in [6, 6.07) is 2.14. The van der Waals surface area contributed by atoms with E-state index in [4.69, 9.17) is 4.42 Å². The molecule has 0 aliphatic heterocycles. The van der Waals surface area contributed by atoms with Crippen molar-refractivity contribution >= 4 is 26.0 Å². The third-order valence-corrected chi connectivity index (χ3v) is 6.66. The highest BCUT2D eigenvalue weighted by Crippen LogP contribution is 2.30. The van der Waals surface area contributed by atoms with Gasteiger partial charge in [0.1, 0.15) is 10.7 Å². The van der Waals surface area contributed by atoms with E-state index >= 15 is 0 Å². The van der Waals surface area contributed by atoms with Gasteiger partial charge in [0.05, 0.1) is 6.54 Å². The van der Waals surface area contributed by atoms with Crippen molar-refractivity contribution in [3.8, 4) is 0 Å². The molecule has 5 nitrogen and oxygen atoms in total. The summed E-state index contributed by atoms with van der Waals surface area (Å²) in [5, 5.41) is 3.31. The van der Waals surface area contributed by atoms with Gasteiger partial charge in [0.15, 0.2) is 4.67 Å². The molecule has 0 spiro atoms. The lowest BCUT2D eigenvalue weighted by Crippen LogP contribution is -2.34. The van der Waals surface area contributed by atoms with E-state index in [-0.39, 0.29) is 15.6 Å². The van der Waals surface area contributed by atoms with Gasteiger partial charge in [-0.15, -0.1) is 0 Å². The molecular formula is C14H23BrN2O3S. The highest BCUT2D eigenvalue weighted by Gasteiger charge is 2.30. The van der Waals surface area contributed by atoms with Crippen molar-refractivity contribution in [2.24, 2.45) is 0 Å². The third-order valence-electron chi connectivity index (χ3n) is 3.83. The van der Waals surface area contributed by atoms with Crippen molar-refractivity contribution in [2.75, 3.05) is 7.05 Å². The first-order valence-corrected chi connectivity index (χ1v) is 9.59. The highest BCUT2D eigenvalue weighted by atomic mass is 79.9. The van der Waals surface area contributed by atoms with Gasteiger partial charge in [0.2, 0.25) is 10.0 Å². The normalized spacial score (nSPS) is 17.4. The Kier molecular flexibility index (Phi) is 5.51. The van der Waals surface area contributed by atoms with Gasteiger partial charge < -0.3 is 9.73 Å². The average Bonchev–Trinajstić information content (AvgIpc) is 3.18. The Morgan fingerprint density at radius 3 is 2.76 bits per heavy atom. The second-order valence-electron chi connectivity index (χ2n) is 5.66. The molecule has 0 saturated heterocycles. The van der Waals surface area contributed by atoms with Crippen LogP contribution in [-0.4, -0.2) is 31.9 Å². The van der Waals surface area contributed by atoms with Crippen LogP contribution >= 0.6 is 15.9 Å². The van der Waals surface area contributed by atoms with E-state index in [1.165, 1.54) is 17.1 Å². The fourth-order valence-corrected chi connectivity index (χ4v) is 4.54. The number of furan rings is 1. The monoisotopic (exact) mass is 378 g/mol. The molecule has 1 atom stereocenters. The van der Waals surface area contributed by atoms with E-state index in [0.717, 1.165) is 12.8 Å². The standard InChI is InChI=1S/C14H23BrN2O3S/c1-4-5-10(2)17(3)21(18,19)13-8-12(20-14(13)15)9-16-11-6-7-11/h8,10-11,16H,4-7,9H2,1-3H3. The molecule has 0 bridgehead atoms. The minimum atomic E-state index is -3.53. The minimum absolute atomic E-state index is 0.0326. The molecule has 1 unspecified atom stereocenters. The van der Waals surface area contributed by atoms with Crippen LogP contribution in [0.25, 0.3) is 0 Å². The zero-order chi connectivity index (χ0) is 15.6. The Balaban J connectivity index is 2.14. The molecule has 1 aliphatic carbocycles. The Bertz CT molecular complexity index is 581. The molecule has 1 aliphatic rings. The molecule has 1 fully saturated rings. The molecule has 1 aromatic heterocycles. The van der Waals surface area contributed by atoms with Gasteiger partial charge in [0, 0.05) is 25.2 Å². The summed E-state index contributed by atoms with van der Waals surface area (Å²) in [6.07, 6.45) is 4.15. The molecular weight excluding hydrogens is 356 g/mol. The second-order valence-corrected chi connectivity index (χ2v) is 8.35. The van der Waals surface area contributed by atoms with Crippen LogP contribution in [0.2, 0.25) is 0 Å². The van der Waals surface area contributed by atoms with Crippen LogP contribution < -0.4 is 5.32 Å². The van der Waals surface area contributed by atoms with Gasteiger partial charge in [0.25, 0.3) is 0 Å². The summed E-state index contributed by atoms with van der Waals surface area (Å²) in [5.41, 5.74) is 0. The lowest BCUT2D eigenvalue weighted by atomic mass is 10.2. The van der Waals surface area contributed by atoms with Gasteiger partial charge in [-0.05, 0) is 42.1 Å². The topological polar surface area (TPSA) is 62.6 Å². The SMILES string of the molecule is CCCC(C)N(C)S(=O)(=O)c1cc(CNC2CC2)oc1Br. The number of nitrogens with one attached hydrogen (secondary N) is 1. The number of hydrogen-bond donors (Lipinski definition) is 1. The van der Waals surface area contributed by atoms with Crippen molar-refractivity contribution in [1.29, 1.82) is 0 Å². The second kappa shape index (κ2) is 6.81. The molecule has 120 valence electrons. The summed E-state index contributed by atoms with van der Waals surface area (Å²) >= 11 is 3.23. The van der Waals surface area contributed by atoms with Crippen LogP contribution in [0.5, 0.6) is 0 Å². The van der Waals surface area contributed by atoms with E-state index in [0.29, 0.717) is 18.3 Å². The van der Waals surface area contributed by atoms with Crippen LogP contribution in [0.15, 0.2) is 20.0 Å². The Morgan fingerprint density at radius 1 is 1.52 bits per heavy atom. The molecule has 21 heavy (non-hydrogen) atoms. The van der Waals surface area contributed by atoms with Crippen molar-refractivity contribution in [2.45, 2.75) is 63.1 Å². The zero-order valence-corrected chi connectivity index (χ0v) is 15.1. The summed E-state index contributed by atoms with van der Waals surface area (Å²) < 4.78 is 32.5. The number of sulfonamides is 1. The number of halogens is 1. The van der Waals surface area contributed by atoms with Gasteiger partial charge in [-0.2, -0.15) is 4.31 Å². The molecule has 1 aromatic rings. The van der Waals surface area contributed by atoms with E-state index in [1.807, 2.05) is 13.8 Å². The van der Waals surface area contributed by atoms with Gasteiger partial charge in [-0.25, -0.2) is 8.42 Å². The minimum Gasteiger partial charge on any atom is -0.452 e. The predicted molar refractivity (Wildman–Crippen MR) is 85.6 cm³/mol. The summed E-state index contributed by atoms with van der Waals surface area (Å²) in [7, 11) is -1.91. The first kappa shape index (κ1) is 17.0. The first-order valence-electron chi connectivity index (χ1n) is 7.36. The van der Waals surface area contributed by atoms with Crippen molar-refractivity contribution in [3.63, 3.8) is 0 Å². The van der Waals surface area contributed by atoms with Crippen molar-refractivity contribution < 1.29 is 12.8 Å². The van der Waals surface area contributed by atoms with E-state index in [2.05, 4.69) is 21.2 Å². The molecule has 1 saturated carbocycles. The Labute approximate surface area is 135 Å². The first-order chi connectivity index (χ1) is 9.86. The van der Waals surface area contributed by atoms with Crippen LogP contribution in [0, 0.1) is 0 Å². The Hall–Kier alpha value is -0.370. The zero-order valence-electron chi connectivity index (χ0n) is 12.7. The highest BCUT2D eigenvalue weighted by molar-refractivity contribution is 9.10. The number of rotatable bonds is 8. The van der Waals surface area contributed by atoms with Gasteiger partial charge >= 0.3 is 0 Å². The lowest BCUT2D eigenvalue weighted by molar-refractivity contribution is 0.367. The lowest BCUT2D eigenvalue weighted by Gasteiger charge is -2.23. The molecule has 0 radical (unpaired) electrons. The molecule has 1 N–H and O–H groups in total. The smallest absolute Gasteiger partial charge is 0.247 e. The molecule has 0 aromatic carbocycles. The largest absolute Gasteiger partial charge is 0.452 e. The van der Waals surface area contributed by atoms with Crippen molar-refractivity contribution in [1.82, 2.24) is 9.62 Å². The summed E-state index contributed by atoms with van der Waals surface area (Å²) in [5.74, 6) is 0.642. The maximum Gasteiger partial charge on any atom is 0.247 e. The van der Waals surface area contributed by atoms with Crippen LogP contribution in [0.3, 0.4) is 0 Å². The molecule has 2 rings (SSSR count). The maximum absolute atomic E-state index is 12.6. The molecule has 1 heterocycles. The Morgan fingerprint density at radius 2 is 2.19 bits per heavy atom. The van der Waals surface area contributed by atoms with Crippen molar-refractivity contribution in [3.05, 3.63) is 16.5 Å². The van der Waals surface area contributed by atoms with E-state index < -0.39 is 10.0 Å². The predicted octanol–water partition coefficient (Wildman–Crippen LogP) is 3.10.